The molecule has 0 bridgehead atoms. The third-order valence-corrected chi connectivity index (χ3v) is 14.3. The predicted molar refractivity (Wildman–Crippen MR) is 194 cm³/mol. The summed E-state index contributed by atoms with van der Waals surface area (Å²) in [7, 11) is -2.70. The molecule has 0 atom stereocenters. The topological polar surface area (TPSA) is 20.7 Å². The molecule has 9 aromatic rings. The van der Waals surface area contributed by atoms with Gasteiger partial charge < -0.3 is 9.55 Å². The summed E-state index contributed by atoms with van der Waals surface area (Å²) < 4.78 is 2.41. The lowest BCUT2D eigenvalue weighted by molar-refractivity contribution is 1.19. The molecule has 0 aliphatic carbocycles. The SMILES string of the molecule is c1ccc([Si](c2ccccc2)(c2ccccc2)c2cccc3c2[nH]c2ccc(-n4c5ccccc5c5ccccc54)cc23)cc1. The van der Waals surface area contributed by atoms with Gasteiger partial charge in [-0.05, 0) is 51.1 Å². The lowest BCUT2D eigenvalue weighted by Gasteiger charge is -2.34. The van der Waals surface area contributed by atoms with E-state index in [0.29, 0.717) is 0 Å². The second-order valence-corrected chi connectivity index (χ2v) is 15.6. The van der Waals surface area contributed by atoms with Gasteiger partial charge in [-0.2, -0.15) is 0 Å². The molecule has 3 heteroatoms. The maximum absolute atomic E-state index is 3.93. The van der Waals surface area contributed by atoms with Crippen molar-refractivity contribution in [2.45, 2.75) is 0 Å². The zero-order valence-corrected chi connectivity index (χ0v) is 25.7. The minimum Gasteiger partial charge on any atom is -0.355 e. The fraction of sp³-hybridized carbons (Fsp3) is 0. The van der Waals surface area contributed by atoms with Crippen LogP contribution in [0.2, 0.25) is 0 Å². The van der Waals surface area contributed by atoms with E-state index in [1.807, 2.05) is 0 Å². The van der Waals surface area contributed by atoms with Gasteiger partial charge in [0.1, 0.15) is 0 Å². The van der Waals surface area contributed by atoms with Crippen LogP contribution in [-0.4, -0.2) is 17.6 Å². The summed E-state index contributed by atoms with van der Waals surface area (Å²) in [4.78, 5) is 3.93. The van der Waals surface area contributed by atoms with Gasteiger partial charge in [-0.1, -0.05) is 146 Å². The lowest BCUT2D eigenvalue weighted by Crippen LogP contribution is -2.74. The zero-order chi connectivity index (χ0) is 29.8. The average Bonchev–Trinajstić information content (AvgIpc) is 3.66. The van der Waals surface area contributed by atoms with Crippen molar-refractivity contribution in [3.8, 4) is 5.69 Å². The second-order valence-electron chi connectivity index (χ2n) is 11.8. The minimum absolute atomic E-state index is 1.15. The van der Waals surface area contributed by atoms with Gasteiger partial charge in [0.05, 0.1) is 11.0 Å². The summed E-state index contributed by atoms with van der Waals surface area (Å²) in [6.45, 7) is 0. The van der Waals surface area contributed by atoms with Crippen molar-refractivity contribution in [1.29, 1.82) is 0 Å². The third kappa shape index (κ3) is 3.81. The monoisotopic (exact) mass is 590 g/mol. The molecule has 0 saturated carbocycles. The van der Waals surface area contributed by atoms with E-state index < -0.39 is 8.07 Å². The van der Waals surface area contributed by atoms with Crippen LogP contribution in [0.1, 0.15) is 0 Å². The van der Waals surface area contributed by atoms with Gasteiger partial charge in [0.25, 0.3) is 0 Å². The average molecular weight is 591 g/mol. The molecule has 45 heavy (non-hydrogen) atoms. The molecule has 2 heterocycles. The Balaban J connectivity index is 1.36. The molecule has 1 N–H and O–H groups in total. The first-order valence-corrected chi connectivity index (χ1v) is 17.5. The van der Waals surface area contributed by atoms with Crippen molar-refractivity contribution in [2.75, 3.05) is 0 Å². The maximum Gasteiger partial charge on any atom is 0.181 e. The molecule has 0 amide bonds. The molecule has 0 radical (unpaired) electrons. The number of fused-ring (bicyclic) bond motifs is 6. The molecule has 212 valence electrons. The second kappa shape index (κ2) is 10.2. The van der Waals surface area contributed by atoms with E-state index in [9.17, 15) is 0 Å². The molecular weight excluding hydrogens is 561 g/mol. The number of H-pyrrole nitrogens is 1. The quantitative estimate of drug-likeness (QED) is 0.156. The number of nitrogens with one attached hydrogen (secondary N) is 1. The molecule has 2 nitrogen and oxygen atoms in total. The number of benzene rings is 7. The zero-order valence-electron chi connectivity index (χ0n) is 24.7. The highest BCUT2D eigenvalue weighted by Crippen LogP contribution is 2.34. The Kier molecular flexibility index (Phi) is 5.87. The van der Waals surface area contributed by atoms with Crippen LogP contribution in [0.4, 0.5) is 0 Å². The molecule has 0 aliphatic heterocycles. The summed E-state index contributed by atoms with van der Waals surface area (Å²) in [6.07, 6.45) is 0. The first-order chi connectivity index (χ1) is 22.3. The van der Waals surface area contributed by atoms with Crippen molar-refractivity contribution in [2.24, 2.45) is 0 Å². The van der Waals surface area contributed by atoms with Gasteiger partial charge in [0.15, 0.2) is 8.07 Å². The Morgan fingerprint density at radius 3 is 1.44 bits per heavy atom. The van der Waals surface area contributed by atoms with Crippen LogP contribution in [0.25, 0.3) is 49.3 Å². The van der Waals surface area contributed by atoms with Crippen LogP contribution in [0.15, 0.2) is 176 Å². The van der Waals surface area contributed by atoms with Gasteiger partial charge in [-0.25, -0.2) is 0 Å². The Labute approximate surface area is 262 Å². The highest BCUT2D eigenvalue weighted by molar-refractivity contribution is 7.20. The smallest absolute Gasteiger partial charge is 0.181 e. The van der Waals surface area contributed by atoms with Gasteiger partial charge in [-0.15, -0.1) is 0 Å². The Morgan fingerprint density at radius 2 is 0.889 bits per heavy atom. The van der Waals surface area contributed by atoms with Crippen LogP contribution in [-0.2, 0) is 0 Å². The summed E-state index contributed by atoms with van der Waals surface area (Å²) in [5.41, 5.74) is 5.99. The van der Waals surface area contributed by atoms with Gasteiger partial charge in [-0.3, -0.25) is 0 Å². The van der Waals surface area contributed by atoms with Crippen LogP contribution in [0, 0.1) is 0 Å². The van der Waals surface area contributed by atoms with E-state index in [2.05, 4.69) is 185 Å². The standard InChI is InChI=1S/C42H30N2Si/c1-4-15-31(16-5-1)45(32-17-6-2-7-18-32,33-19-8-3-9-20-33)41-26-14-23-36-37-29-30(27-28-38(37)43-42(36)41)44-39-24-12-10-21-34(39)35-22-11-13-25-40(35)44/h1-29,43H. The van der Waals surface area contributed by atoms with Crippen LogP contribution < -0.4 is 20.7 Å². The first kappa shape index (κ1) is 25.8. The van der Waals surface area contributed by atoms with Gasteiger partial charge >= 0.3 is 0 Å². The van der Waals surface area contributed by atoms with E-state index in [1.54, 1.807) is 0 Å². The number of hydrogen-bond acceptors (Lipinski definition) is 0. The molecular formula is C42H30N2Si. The summed E-state index contributed by atoms with van der Waals surface area (Å²) >= 11 is 0. The Bertz CT molecular complexity index is 2320. The van der Waals surface area contributed by atoms with Crippen molar-refractivity contribution in [3.05, 3.63) is 176 Å². The van der Waals surface area contributed by atoms with Gasteiger partial charge in [0.2, 0.25) is 0 Å². The fourth-order valence-corrected chi connectivity index (χ4v) is 12.5. The van der Waals surface area contributed by atoms with Crippen molar-refractivity contribution in [1.82, 2.24) is 9.55 Å². The highest BCUT2D eigenvalue weighted by Gasteiger charge is 2.42. The van der Waals surface area contributed by atoms with E-state index in [1.165, 1.54) is 64.5 Å². The van der Waals surface area contributed by atoms with E-state index in [4.69, 9.17) is 0 Å². The number of para-hydroxylation sites is 3. The van der Waals surface area contributed by atoms with E-state index >= 15 is 0 Å². The van der Waals surface area contributed by atoms with E-state index in [-0.39, 0.29) is 0 Å². The van der Waals surface area contributed by atoms with Crippen LogP contribution in [0.3, 0.4) is 0 Å². The Morgan fingerprint density at radius 1 is 0.400 bits per heavy atom. The molecule has 0 saturated heterocycles. The summed E-state index contributed by atoms with van der Waals surface area (Å²) in [6, 6.07) is 64.7. The summed E-state index contributed by atoms with van der Waals surface area (Å²) in [5.74, 6) is 0. The first-order valence-electron chi connectivity index (χ1n) is 15.5. The molecule has 0 unspecified atom stereocenters. The largest absolute Gasteiger partial charge is 0.355 e. The third-order valence-electron chi connectivity index (χ3n) is 9.48. The van der Waals surface area contributed by atoms with Crippen LogP contribution in [0.5, 0.6) is 0 Å². The normalized spacial score (nSPS) is 12.0. The maximum atomic E-state index is 3.93. The number of rotatable bonds is 5. The summed E-state index contributed by atoms with van der Waals surface area (Å²) in [5, 5.41) is 10.5. The molecule has 0 fully saturated rings. The minimum atomic E-state index is -2.70. The highest BCUT2D eigenvalue weighted by atomic mass is 28.3. The predicted octanol–water partition coefficient (Wildman–Crippen LogP) is 7.80. The van der Waals surface area contributed by atoms with Crippen molar-refractivity contribution < 1.29 is 0 Å². The van der Waals surface area contributed by atoms with E-state index in [0.717, 1.165) is 5.52 Å². The van der Waals surface area contributed by atoms with Crippen molar-refractivity contribution >= 4 is 72.4 Å². The number of aromatic nitrogens is 2. The Hall–Kier alpha value is -5.64. The van der Waals surface area contributed by atoms with Gasteiger partial charge in [0, 0.05) is 38.3 Å². The number of hydrogen-bond donors (Lipinski definition) is 1. The van der Waals surface area contributed by atoms with Crippen molar-refractivity contribution in [3.63, 3.8) is 0 Å². The molecule has 9 rings (SSSR count). The fourth-order valence-electron chi connectivity index (χ4n) is 7.59. The number of nitrogens with zero attached hydrogens (tertiary/aromatic N) is 1. The molecule has 7 aromatic carbocycles. The van der Waals surface area contributed by atoms with Crippen LogP contribution >= 0.6 is 0 Å². The number of aromatic amines is 1. The molecule has 0 aliphatic rings. The molecule has 0 spiro atoms. The lowest BCUT2D eigenvalue weighted by atomic mass is 10.1. The molecule has 2 aromatic heterocycles.